The molecule has 0 aliphatic heterocycles. The van der Waals surface area contributed by atoms with Crippen molar-refractivity contribution in [2.75, 3.05) is 7.05 Å². The van der Waals surface area contributed by atoms with Gasteiger partial charge in [0.2, 0.25) is 0 Å². The molecule has 0 spiro atoms. The molecule has 0 aliphatic rings. The monoisotopic (exact) mass is 245 g/mol. The Hall–Kier alpha value is -1.12. The van der Waals surface area contributed by atoms with Crippen LogP contribution in [0.4, 0.5) is 0 Å². The molecule has 0 saturated heterocycles. The minimum absolute atomic E-state index is 0.484. The first kappa shape index (κ1) is 12.3. The van der Waals surface area contributed by atoms with E-state index in [1.807, 2.05) is 18.4 Å². The molecule has 0 saturated carbocycles. The van der Waals surface area contributed by atoms with Gasteiger partial charge in [-0.05, 0) is 43.7 Å². The molecule has 0 fully saturated rings. The van der Waals surface area contributed by atoms with Crippen LogP contribution < -0.4 is 5.32 Å². The van der Waals surface area contributed by atoms with E-state index in [1.54, 1.807) is 0 Å². The van der Waals surface area contributed by atoms with E-state index in [0.29, 0.717) is 6.04 Å². The van der Waals surface area contributed by atoms with Gasteiger partial charge >= 0.3 is 0 Å². The Morgan fingerprint density at radius 3 is 2.59 bits per heavy atom. The van der Waals surface area contributed by atoms with Crippen molar-refractivity contribution in [1.82, 2.24) is 5.32 Å². The summed E-state index contributed by atoms with van der Waals surface area (Å²) in [6.07, 6.45) is 1.13. The molecular formula is C15H19NS. The van der Waals surface area contributed by atoms with Crippen LogP contribution in [-0.4, -0.2) is 7.05 Å². The summed E-state index contributed by atoms with van der Waals surface area (Å²) in [7, 11) is 2.03. The number of rotatable bonds is 4. The van der Waals surface area contributed by atoms with Crippen LogP contribution in [0.15, 0.2) is 36.4 Å². The summed E-state index contributed by atoms with van der Waals surface area (Å²) in [5, 5.41) is 3.36. The number of aryl methyl sites for hydroxylation is 1. The third kappa shape index (κ3) is 2.59. The molecule has 0 bridgehead atoms. The van der Waals surface area contributed by atoms with E-state index in [1.165, 1.54) is 20.9 Å². The number of thiophene rings is 1. The lowest BCUT2D eigenvalue weighted by Crippen LogP contribution is -2.13. The predicted molar refractivity (Wildman–Crippen MR) is 76.6 cm³/mol. The first-order valence-corrected chi connectivity index (χ1v) is 6.91. The van der Waals surface area contributed by atoms with E-state index in [0.717, 1.165) is 6.42 Å². The van der Waals surface area contributed by atoms with Gasteiger partial charge in [-0.15, -0.1) is 11.3 Å². The lowest BCUT2D eigenvalue weighted by molar-refractivity contribution is 0.586. The number of nitrogens with one attached hydrogen (secondary N) is 1. The van der Waals surface area contributed by atoms with Gasteiger partial charge in [-0.2, -0.15) is 0 Å². The smallest absolute Gasteiger partial charge is 0.0409 e. The lowest BCUT2D eigenvalue weighted by Gasteiger charge is -2.10. The average Bonchev–Trinajstić information content (AvgIpc) is 2.81. The van der Waals surface area contributed by atoms with E-state index in [2.05, 4.69) is 55.6 Å². The van der Waals surface area contributed by atoms with E-state index >= 15 is 0 Å². The average molecular weight is 245 g/mol. The summed E-state index contributed by atoms with van der Waals surface area (Å²) in [6, 6.07) is 13.5. The SMILES string of the molecule is CCC(NC)c1ccc(-c2ccccc2C)s1. The van der Waals surface area contributed by atoms with Crippen molar-refractivity contribution < 1.29 is 0 Å². The fourth-order valence-corrected chi connectivity index (χ4v) is 3.37. The van der Waals surface area contributed by atoms with E-state index in [-0.39, 0.29) is 0 Å². The lowest BCUT2D eigenvalue weighted by atomic mass is 10.1. The summed E-state index contributed by atoms with van der Waals surface area (Å²) in [5.41, 5.74) is 2.70. The fraction of sp³-hybridized carbons (Fsp3) is 0.333. The molecule has 1 unspecified atom stereocenters. The van der Waals surface area contributed by atoms with Crippen molar-refractivity contribution in [3.05, 3.63) is 46.8 Å². The predicted octanol–water partition coefficient (Wildman–Crippen LogP) is 4.39. The molecular weight excluding hydrogens is 226 g/mol. The molecule has 1 aromatic carbocycles. The number of benzene rings is 1. The zero-order valence-electron chi connectivity index (χ0n) is 10.7. The molecule has 0 aliphatic carbocycles. The van der Waals surface area contributed by atoms with Gasteiger partial charge in [0.15, 0.2) is 0 Å². The van der Waals surface area contributed by atoms with Gasteiger partial charge in [-0.3, -0.25) is 0 Å². The van der Waals surface area contributed by atoms with Crippen LogP contribution >= 0.6 is 11.3 Å². The third-order valence-corrected chi connectivity index (χ3v) is 4.37. The standard InChI is InChI=1S/C15H19NS/c1-4-13(16-3)15-10-9-14(17-15)12-8-6-5-7-11(12)2/h5-10,13,16H,4H2,1-3H3. The minimum atomic E-state index is 0.484. The van der Waals surface area contributed by atoms with Gasteiger partial charge in [-0.1, -0.05) is 31.2 Å². The first-order valence-electron chi connectivity index (χ1n) is 6.09. The zero-order valence-corrected chi connectivity index (χ0v) is 11.5. The van der Waals surface area contributed by atoms with Gasteiger partial charge in [0.05, 0.1) is 0 Å². The van der Waals surface area contributed by atoms with Crippen LogP contribution in [0.3, 0.4) is 0 Å². The second kappa shape index (κ2) is 5.48. The summed E-state index contributed by atoms with van der Waals surface area (Å²) >= 11 is 1.89. The third-order valence-electron chi connectivity index (χ3n) is 3.14. The quantitative estimate of drug-likeness (QED) is 0.842. The molecule has 0 radical (unpaired) electrons. The van der Waals surface area contributed by atoms with Crippen LogP contribution in [0, 0.1) is 6.92 Å². The van der Waals surface area contributed by atoms with Crippen LogP contribution in [0.5, 0.6) is 0 Å². The Morgan fingerprint density at radius 2 is 1.94 bits per heavy atom. The maximum atomic E-state index is 3.36. The highest BCUT2D eigenvalue weighted by Gasteiger charge is 2.11. The van der Waals surface area contributed by atoms with E-state index < -0.39 is 0 Å². The molecule has 17 heavy (non-hydrogen) atoms. The van der Waals surface area contributed by atoms with E-state index in [9.17, 15) is 0 Å². The van der Waals surface area contributed by atoms with Gasteiger partial charge in [0.25, 0.3) is 0 Å². The normalized spacial score (nSPS) is 12.6. The number of hydrogen-bond acceptors (Lipinski definition) is 2. The summed E-state index contributed by atoms with van der Waals surface area (Å²) in [5.74, 6) is 0. The van der Waals surface area contributed by atoms with Crippen molar-refractivity contribution in [3.63, 3.8) is 0 Å². The maximum Gasteiger partial charge on any atom is 0.0409 e. The molecule has 90 valence electrons. The van der Waals surface area contributed by atoms with Gasteiger partial charge in [-0.25, -0.2) is 0 Å². The topological polar surface area (TPSA) is 12.0 Å². The molecule has 0 amide bonds. The minimum Gasteiger partial charge on any atom is -0.312 e. The summed E-state index contributed by atoms with van der Waals surface area (Å²) < 4.78 is 0. The van der Waals surface area contributed by atoms with Crippen molar-refractivity contribution in [1.29, 1.82) is 0 Å². The number of hydrogen-bond donors (Lipinski definition) is 1. The second-order valence-corrected chi connectivity index (χ2v) is 5.38. The van der Waals surface area contributed by atoms with Crippen molar-refractivity contribution >= 4 is 11.3 Å². The first-order chi connectivity index (χ1) is 8.26. The van der Waals surface area contributed by atoms with Crippen molar-refractivity contribution in [3.8, 4) is 10.4 Å². The summed E-state index contributed by atoms with van der Waals surface area (Å²) in [4.78, 5) is 2.79. The second-order valence-electron chi connectivity index (χ2n) is 4.27. The molecule has 2 aromatic rings. The zero-order chi connectivity index (χ0) is 12.3. The maximum absolute atomic E-state index is 3.36. The van der Waals surface area contributed by atoms with Crippen molar-refractivity contribution in [2.24, 2.45) is 0 Å². The van der Waals surface area contributed by atoms with Gasteiger partial charge in [0, 0.05) is 15.8 Å². The van der Waals surface area contributed by atoms with Crippen molar-refractivity contribution in [2.45, 2.75) is 26.3 Å². The molecule has 2 rings (SSSR count). The summed E-state index contributed by atoms with van der Waals surface area (Å²) in [6.45, 7) is 4.39. The Balaban J connectivity index is 2.33. The van der Waals surface area contributed by atoms with Crippen LogP contribution in [-0.2, 0) is 0 Å². The fourth-order valence-electron chi connectivity index (χ4n) is 2.08. The Bertz CT molecular complexity index is 483. The molecule has 1 N–H and O–H groups in total. The molecule has 2 heteroatoms. The molecule has 1 atom stereocenters. The Morgan fingerprint density at radius 1 is 1.18 bits per heavy atom. The Kier molecular flexibility index (Phi) is 3.97. The molecule has 1 heterocycles. The Labute approximate surface area is 108 Å². The van der Waals surface area contributed by atoms with E-state index in [4.69, 9.17) is 0 Å². The largest absolute Gasteiger partial charge is 0.312 e. The highest BCUT2D eigenvalue weighted by atomic mass is 32.1. The van der Waals surface area contributed by atoms with Crippen LogP contribution in [0.25, 0.3) is 10.4 Å². The highest BCUT2D eigenvalue weighted by Crippen LogP contribution is 2.33. The highest BCUT2D eigenvalue weighted by molar-refractivity contribution is 7.15. The molecule has 1 aromatic heterocycles. The van der Waals surface area contributed by atoms with Gasteiger partial charge < -0.3 is 5.32 Å². The molecule has 1 nitrogen and oxygen atoms in total. The van der Waals surface area contributed by atoms with Gasteiger partial charge in [0.1, 0.15) is 0 Å². The van der Waals surface area contributed by atoms with Crippen LogP contribution in [0.1, 0.15) is 29.8 Å². The van der Waals surface area contributed by atoms with Crippen LogP contribution in [0.2, 0.25) is 0 Å².